The van der Waals surface area contributed by atoms with Crippen molar-refractivity contribution in [2.24, 2.45) is 0 Å². The van der Waals surface area contributed by atoms with Crippen molar-refractivity contribution in [3.63, 3.8) is 0 Å². The fourth-order valence-corrected chi connectivity index (χ4v) is 3.58. The van der Waals surface area contributed by atoms with Crippen LogP contribution in [0.15, 0.2) is 84.4 Å². The molecule has 0 radical (unpaired) electrons. The van der Waals surface area contributed by atoms with Crippen molar-refractivity contribution in [3.05, 3.63) is 101 Å². The molecule has 7 heteroatoms. The largest absolute Gasteiger partial charge is 0.524 e. The third-order valence-corrected chi connectivity index (χ3v) is 4.88. The van der Waals surface area contributed by atoms with Crippen LogP contribution in [-0.4, -0.2) is 15.6 Å². The van der Waals surface area contributed by atoms with E-state index in [-0.39, 0.29) is 17.1 Å². The molecule has 1 atom stereocenters. The Balaban J connectivity index is 1.82. The second kappa shape index (κ2) is 7.68. The van der Waals surface area contributed by atoms with Gasteiger partial charge in [0.15, 0.2) is 11.9 Å². The van der Waals surface area contributed by atoms with Crippen LogP contribution < -0.4 is 9.26 Å². The summed E-state index contributed by atoms with van der Waals surface area (Å²) in [6, 6.07) is 22.9. The number of phosphoric ester groups is 1. The van der Waals surface area contributed by atoms with Gasteiger partial charge in [0.05, 0.1) is 5.56 Å². The van der Waals surface area contributed by atoms with E-state index in [2.05, 4.69) is 4.52 Å². The molecule has 0 fully saturated rings. The third kappa shape index (κ3) is 4.30. The molecule has 1 aliphatic rings. The van der Waals surface area contributed by atoms with Gasteiger partial charge in [0.25, 0.3) is 0 Å². The zero-order chi connectivity index (χ0) is 20.4. The molecule has 0 aromatic heterocycles. The van der Waals surface area contributed by atoms with Crippen molar-refractivity contribution in [2.45, 2.75) is 6.10 Å². The topological polar surface area (TPSA) is 93.1 Å². The highest BCUT2D eigenvalue weighted by Crippen LogP contribution is 2.43. The Hall–Kier alpha value is -3.18. The number of benzene rings is 3. The van der Waals surface area contributed by atoms with E-state index in [1.54, 1.807) is 6.08 Å². The van der Waals surface area contributed by atoms with Crippen LogP contribution in [0, 0.1) is 0 Å². The normalized spacial score (nSPS) is 17.5. The van der Waals surface area contributed by atoms with E-state index in [9.17, 15) is 9.36 Å². The number of fused-ring (bicyclic) bond motifs is 1. The van der Waals surface area contributed by atoms with Crippen LogP contribution in [-0.2, 0) is 4.57 Å². The van der Waals surface area contributed by atoms with Gasteiger partial charge in [-0.25, -0.2) is 4.57 Å². The highest BCUT2D eigenvalue weighted by molar-refractivity contribution is 7.46. The van der Waals surface area contributed by atoms with Crippen LogP contribution in [0.2, 0.25) is 0 Å². The molecule has 3 aromatic rings. The summed E-state index contributed by atoms with van der Waals surface area (Å²) >= 11 is 0. The summed E-state index contributed by atoms with van der Waals surface area (Å²) in [5.41, 5.74) is 2.27. The van der Waals surface area contributed by atoms with Crippen LogP contribution in [0.1, 0.15) is 27.6 Å². The number of ketones is 1. The average Bonchev–Trinajstić information content (AvgIpc) is 2.70. The molecule has 0 saturated heterocycles. The van der Waals surface area contributed by atoms with Crippen LogP contribution in [0.3, 0.4) is 0 Å². The predicted molar refractivity (Wildman–Crippen MR) is 108 cm³/mol. The molecule has 29 heavy (non-hydrogen) atoms. The van der Waals surface area contributed by atoms with E-state index in [0.717, 1.165) is 11.1 Å². The lowest BCUT2D eigenvalue weighted by Crippen LogP contribution is -2.23. The van der Waals surface area contributed by atoms with Gasteiger partial charge < -0.3 is 9.26 Å². The van der Waals surface area contributed by atoms with Gasteiger partial charge in [-0.05, 0) is 35.4 Å². The van der Waals surface area contributed by atoms with Crippen molar-refractivity contribution in [1.82, 2.24) is 0 Å². The zero-order valence-electron chi connectivity index (χ0n) is 15.1. The molecule has 1 aliphatic heterocycles. The summed E-state index contributed by atoms with van der Waals surface area (Å²) in [5, 5.41) is 0. The number of Topliss-reactive ketones (excluding diaryl/α,β-unsaturated/α-hetero) is 1. The molecule has 0 amide bonds. The average molecular weight is 408 g/mol. The number of carbonyl (C=O) groups excluding carboxylic acids is 1. The Kier molecular flexibility index (Phi) is 5.07. The summed E-state index contributed by atoms with van der Waals surface area (Å²) in [7, 11) is -4.74. The van der Waals surface area contributed by atoms with E-state index in [1.165, 1.54) is 18.2 Å². The number of phosphoric acid groups is 1. The summed E-state index contributed by atoms with van der Waals surface area (Å²) in [6.07, 6.45) is 1.16. The highest BCUT2D eigenvalue weighted by atomic mass is 31.2. The summed E-state index contributed by atoms with van der Waals surface area (Å²) in [5.74, 6) is -0.0708. The second-order valence-corrected chi connectivity index (χ2v) is 7.65. The Morgan fingerprint density at radius 2 is 1.59 bits per heavy atom. The first-order chi connectivity index (χ1) is 13.9. The van der Waals surface area contributed by atoms with Gasteiger partial charge in [-0.2, -0.15) is 0 Å². The first-order valence-corrected chi connectivity index (χ1v) is 10.4. The minimum Gasteiger partial charge on any atom is -0.480 e. The van der Waals surface area contributed by atoms with Crippen molar-refractivity contribution in [2.75, 3.05) is 0 Å². The lowest BCUT2D eigenvalue weighted by Gasteiger charge is -2.28. The Labute approximate surface area is 167 Å². The minimum absolute atomic E-state index is 0.105. The minimum atomic E-state index is -4.74. The first-order valence-electron chi connectivity index (χ1n) is 8.83. The standard InChI is InChI=1S/C22H17O6P/c23-21-18-14-17(28-29(24,25)26)11-12-20(18)27-22(16-9-5-2-6-10-16)19(21)13-15-7-3-1-4-8-15/h1-14,22H,(H2,24,25,26). The molecule has 0 saturated carbocycles. The van der Waals surface area contributed by atoms with Crippen LogP contribution in [0.4, 0.5) is 0 Å². The van der Waals surface area contributed by atoms with Gasteiger partial charge in [0.1, 0.15) is 11.5 Å². The molecule has 0 bridgehead atoms. The second-order valence-electron chi connectivity index (χ2n) is 6.49. The van der Waals surface area contributed by atoms with E-state index in [1.807, 2.05) is 60.7 Å². The molecule has 2 N–H and O–H groups in total. The summed E-state index contributed by atoms with van der Waals surface area (Å²) in [4.78, 5) is 31.4. The monoisotopic (exact) mass is 408 g/mol. The molecule has 6 nitrogen and oxygen atoms in total. The Morgan fingerprint density at radius 1 is 0.931 bits per heavy atom. The predicted octanol–water partition coefficient (Wildman–Crippen LogP) is 4.56. The van der Waals surface area contributed by atoms with Crippen LogP contribution in [0.25, 0.3) is 6.08 Å². The molecule has 1 unspecified atom stereocenters. The van der Waals surface area contributed by atoms with Crippen molar-refractivity contribution < 1.29 is 28.4 Å². The smallest absolute Gasteiger partial charge is 0.480 e. The zero-order valence-corrected chi connectivity index (χ0v) is 16.0. The maximum atomic E-state index is 13.3. The Bertz CT molecular complexity index is 1120. The first kappa shape index (κ1) is 19.2. The van der Waals surface area contributed by atoms with E-state index in [4.69, 9.17) is 14.5 Å². The Morgan fingerprint density at radius 3 is 2.24 bits per heavy atom. The number of hydrogen-bond acceptors (Lipinski definition) is 4. The van der Waals surface area contributed by atoms with Gasteiger partial charge >= 0.3 is 7.82 Å². The van der Waals surface area contributed by atoms with Crippen molar-refractivity contribution in [1.29, 1.82) is 0 Å². The van der Waals surface area contributed by atoms with Crippen LogP contribution >= 0.6 is 7.82 Å². The maximum absolute atomic E-state index is 13.3. The number of hydrogen-bond donors (Lipinski definition) is 2. The summed E-state index contributed by atoms with van der Waals surface area (Å²) in [6.45, 7) is 0. The van der Waals surface area contributed by atoms with Crippen LogP contribution in [0.5, 0.6) is 11.5 Å². The molecule has 1 heterocycles. The SMILES string of the molecule is O=C1C(=Cc2ccccc2)C(c2ccccc2)Oc2ccc(OP(=O)(O)O)cc21. The van der Waals surface area contributed by atoms with Crippen molar-refractivity contribution in [3.8, 4) is 11.5 Å². The molecular formula is C22H17O6P. The van der Waals surface area contributed by atoms with Gasteiger partial charge in [-0.15, -0.1) is 0 Å². The lowest BCUT2D eigenvalue weighted by molar-refractivity contribution is 0.0962. The number of carbonyl (C=O) groups is 1. The number of ether oxygens (including phenoxy) is 1. The highest BCUT2D eigenvalue weighted by Gasteiger charge is 2.33. The van der Waals surface area contributed by atoms with Gasteiger partial charge in [0, 0.05) is 5.57 Å². The van der Waals surface area contributed by atoms with E-state index < -0.39 is 13.9 Å². The van der Waals surface area contributed by atoms with Gasteiger partial charge in [-0.3, -0.25) is 14.6 Å². The molecule has 0 aliphatic carbocycles. The van der Waals surface area contributed by atoms with Crippen molar-refractivity contribution >= 4 is 19.7 Å². The van der Waals surface area contributed by atoms with E-state index in [0.29, 0.717) is 11.3 Å². The fraction of sp³-hybridized carbons (Fsp3) is 0.0455. The molecular weight excluding hydrogens is 391 g/mol. The fourth-order valence-electron chi connectivity index (χ4n) is 3.19. The van der Waals surface area contributed by atoms with Gasteiger partial charge in [0.2, 0.25) is 0 Å². The molecule has 4 rings (SSSR count). The summed E-state index contributed by atoms with van der Waals surface area (Å²) < 4.78 is 21.9. The van der Waals surface area contributed by atoms with E-state index >= 15 is 0 Å². The maximum Gasteiger partial charge on any atom is 0.524 e. The number of rotatable bonds is 4. The molecule has 3 aromatic carbocycles. The quantitative estimate of drug-likeness (QED) is 0.486. The third-order valence-electron chi connectivity index (χ3n) is 4.43. The van der Waals surface area contributed by atoms with Gasteiger partial charge in [-0.1, -0.05) is 60.7 Å². The lowest BCUT2D eigenvalue weighted by atomic mass is 9.89. The molecule has 146 valence electrons. The molecule has 0 spiro atoms.